The Kier molecular flexibility index (Phi) is 7.17. The maximum Gasteiger partial charge on any atom is 0.339 e. The van der Waals surface area contributed by atoms with Crippen molar-refractivity contribution in [1.29, 1.82) is 0 Å². The number of anilines is 1. The molecule has 132 valence electrons. The average Bonchev–Trinajstić information content (AvgIpc) is 2.58. The van der Waals surface area contributed by atoms with Crippen molar-refractivity contribution in [3.8, 4) is 0 Å². The summed E-state index contributed by atoms with van der Waals surface area (Å²) in [4.78, 5) is 25.2. The Labute approximate surface area is 160 Å². The van der Waals surface area contributed by atoms with Gasteiger partial charge in [-0.3, -0.25) is 4.79 Å². The number of esters is 1. The fraction of sp³-hybridized carbons (Fsp3) is 0.222. The molecule has 2 aromatic rings. The molecule has 2 rings (SSSR count). The number of thioether (sulfide) groups is 1. The molecule has 0 aliphatic heterocycles. The van der Waals surface area contributed by atoms with E-state index >= 15 is 0 Å². The van der Waals surface area contributed by atoms with Crippen LogP contribution in [-0.2, 0) is 9.53 Å². The van der Waals surface area contributed by atoms with Crippen LogP contribution in [0.5, 0.6) is 0 Å². The molecule has 25 heavy (non-hydrogen) atoms. The molecule has 0 spiro atoms. The Morgan fingerprint density at radius 3 is 2.48 bits per heavy atom. The van der Waals surface area contributed by atoms with E-state index in [1.165, 1.54) is 17.8 Å². The first-order chi connectivity index (χ1) is 11.9. The van der Waals surface area contributed by atoms with E-state index in [9.17, 15) is 9.59 Å². The van der Waals surface area contributed by atoms with Crippen molar-refractivity contribution in [1.82, 2.24) is 0 Å². The molecule has 0 saturated heterocycles. The highest BCUT2D eigenvalue weighted by Crippen LogP contribution is 2.26. The molecule has 0 aromatic heterocycles. The van der Waals surface area contributed by atoms with E-state index < -0.39 is 5.97 Å². The standard InChI is InChI=1S/C18H17Cl2NO3S/c1-3-24-18(23)15-10-13(6-9-16(15)20)21-17(22)11(2)25-14-7-4-12(19)5-8-14/h4-11H,3H2,1-2H3,(H,21,22)/t11-/m1/s1. The second-order valence-electron chi connectivity index (χ2n) is 5.12. The van der Waals surface area contributed by atoms with Gasteiger partial charge in [0.25, 0.3) is 0 Å². The molecule has 0 radical (unpaired) electrons. The summed E-state index contributed by atoms with van der Waals surface area (Å²) in [5, 5.41) is 3.38. The lowest BCUT2D eigenvalue weighted by molar-refractivity contribution is -0.115. The number of rotatable bonds is 6. The zero-order chi connectivity index (χ0) is 18.4. The van der Waals surface area contributed by atoms with Crippen molar-refractivity contribution in [2.75, 3.05) is 11.9 Å². The number of hydrogen-bond donors (Lipinski definition) is 1. The van der Waals surface area contributed by atoms with E-state index in [1.807, 2.05) is 12.1 Å². The van der Waals surface area contributed by atoms with E-state index in [1.54, 1.807) is 38.1 Å². The molecule has 0 unspecified atom stereocenters. The van der Waals surface area contributed by atoms with Gasteiger partial charge in [-0.05, 0) is 56.3 Å². The lowest BCUT2D eigenvalue weighted by Crippen LogP contribution is -2.22. The molecule has 0 saturated carbocycles. The maximum absolute atomic E-state index is 12.4. The largest absolute Gasteiger partial charge is 0.462 e. The smallest absolute Gasteiger partial charge is 0.339 e. The van der Waals surface area contributed by atoms with Crippen LogP contribution < -0.4 is 5.32 Å². The van der Waals surface area contributed by atoms with Crippen LogP contribution in [0.2, 0.25) is 10.0 Å². The third-order valence-corrected chi connectivity index (χ3v) is 4.92. The first kappa shape index (κ1) is 19.6. The number of halogens is 2. The minimum Gasteiger partial charge on any atom is -0.462 e. The number of carbonyl (C=O) groups excluding carboxylic acids is 2. The molecule has 0 aliphatic rings. The highest BCUT2D eigenvalue weighted by Gasteiger charge is 2.17. The van der Waals surface area contributed by atoms with Crippen LogP contribution in [0.3, 0.4) is 0 Å². The number of ether oxygens (including phenoxy) is 1. The topological polar surface area (TPSA) is 55.4 Å². The fourth-order valence-corrected chi connectivity index (χ4v) is 3.17. The van der Waals surface area contributed by atoms with Gasteiger partial charge in [-0.25, -0.2) is 4.79 Å². The molecule has 2 aromatic carbocycles. The zero-order valence-electron chi connectivity index (χ0n) is 13.7. The Hall–Kier alpha value is -1.69. The molecular weight excluding hydrogens is 381 g/mol. The van der Waals surface area contributed by atoms with E-state index in [4.69, 9.17) is 27.9 Å². The van der Waals surface area contributed by atoms with Crippen LogP contribution in [0.1, 0.15) is 24.2 Å². The van der Waals surface area contributed by atoms with Crippen LogP contribution in [0.4, 0.5) is 5.69 Å². The van der Waals surface area contributed by atoms with Crippen LogP contribution in [-0.4, -0.2) is 23.7 Å². The highest BCUT2D eigenvalue weighted by molar-refractivity contribution is 8.00. The van der Waals surface area contributed by atoms with Gasteiger partial charge in [0.05, 0.1) is 22.4 Å². The predicted molar refractivity (Wildman–Crippen MR) is 103 cm³/mol. The van der Waals surface area contributed by atoms with E-state index in [0.717, 1.165) is 4.90 Å². The first-order valence-corrected chi connectivity index (χ1v) is 9.24. The van der Waals surface area contributed by atoms with Gasteiger partial charge in [0, 0.05) is 15.6 Å². The number of nitrogens with one attached hydrogen (secondary N) is 1. The normalized spacial score (nSPS) is 11.7. The molecular formula is C18H17Cl2NO3S. The number of benzene rings is 2. The summed E-state index contributed by atoms with van der Waals surface area (Å²) in [6.07, 6.45) is 0. The second-order valence-corrected chi connectivity index (χ2v) is 7.38. The van der Waals surface area contributed by atoms with Gasteiger partial charge in [0.15, 0.2) is 0 Å². The highest BCUT2D eigenvalue weighted by atomic mass is 35.5. The number of carbonyl (C=O) groups is 2. The molecule has 0 bridgehead atoms. The van der Waals surface area contributed by atoms with Crippen molar-refractivity contribution in [3.63, 3.8) is 0 Å². The average molecular weight is 398 g/mol. The monoisotopic (exact) mass is 397 g/mol. The SMILES string of the molecule is CCOC(=O)c1cc(NC(=O)[C@@H](C)Sc2ccc(Cl)cc2)ccc1Cl. The molecule has 1 atom stereocenters. The minimum absolute atomic E-state index is 0.183. The molecule has 1 N–H and O–H groups in total. The summed E-state index contributed by atoms with van der Waals surface area (Å²) in [6, 6.07) is 12.0. The summed E-state index contributed by atoms with van der Waals surface area (Å²) >= 11 is 13.3. The van der Waals surface area contributed by atoms with Crippen LogP contribution in [0, 0.1) is 0 Å². The lowest BCUT2D eigenvalue weighted by atomic mass is 10.2. The van der Waals surface area contributed by atoms with E-state index in [2.05, 4.69) is 5.32 Å². The Morgan fingerprint density at radius 2 is 1.84 bits per heavy atom. The van der Waals surface area contributed by atoms with Gasteiger partial charge in [-0.15, -0.1) is 11.8 Å². The van der Waals surface area contributed by atoms with Crippen molar-refractivity contribution in [3.05, 3.63) is 58.1 Å². The van der Waals surface area contributed by atoms with Crippen molar-refractivity contribution in [2.45, 2.75) is 24.0 Å². The molecule has 0 fully saturated rings. The summed E-state index contributed by atoms with van der Waals surface area (Å²) < 4.78 is 4.95. The number of amides is 1. The van der Waals surface area contributed by atoms with Gasteiger partial charge in [-0.1, -0.05) is 23.2 Å². The summed E-state index contributed by atoms with van der Waals surface area (Å²) in [5.74, 6) is -0.704. The Balaban J connectivity index is 2.05. The Bertz CT molecular complexity index is 765. The lowest BCUT2D eigenvalue weighted by Gasteiger charge is -2.13. The van der Waals surface area contributed by atoms with Crippen molar-refractivity contribution in [2.24, 2.45) is 0 Å². The quantitative estimate of drug-likeness (QED) is 0.531. The molecule has 0 heterocycles. The molecule has 7 heteroatoms. The van der Waals surface area contributed by atoms with Crippen LogP contribution >= 0.6 is 35.0 Å². The molecule has 0 aliphatic carbocycles. The molecule has 1 amide bonds. The molecule has 4 nitrogen and oxygen atoms in total. The van der Waals surface area contributed by atoms with E-state index in [-0.39, 0.29) is 28.4 Å². The van der Waals surface area contributed by atoms with E-state index in [0.29, 0.717) is 10.7 Å². The predicted octanol–water partition coefficient (Wildman–Crippen LogP) is 5.29. The zero-order valence-corrected chi connectivity index (χ0v) is 16.0. The number of hydrogen-bond acceptors (Lipinski definition) is 4. The van der Waals surface area contributed by atoms with Gasteiger partial charge in [0.2, 0.25) is 5.91 Å². The van der Waals surface area contributed by atoms with Gasteiger partial charge < -0.3 is 10.1 Å². The third-order valence-electron chi connectivity index (χ3n) is 3.22. The summed E-state index contributed by atoms with van der Waals surface area (Å²) in [6.45, 7) is 3.77. The van der Waals surface area contributed by atoms with Crippen molar-refractivity contribution >= 4 is 52.5 Å². The Morgan fingerprint density at radius 1 is 1.16 bits per heavy atom. The van der Waals surface area contributed by atoms with Gasteiger partial charge in [-0.2, -0.15) is 0 Å². The third kappa shape index (κ3) is 5.66. The van der Waals surface area contributed by atoms with Crippen LogP contribution in [0.15, 0.2) is 47.4 Å². The fourth-order valence-electron chi connectivity index (χ4n) is 1.98. The van der Waals surface area contributed by atoms with Crippen LogP contribution in [0.25, 0.3) is 0 Å². The van der Waals surface area contributed by atoms with Crippen molar-refractivity contribution < 1.29 is 14.3 Å². The minimum atomic E-state index is -0.521. The summed E-state index contributed by atoms with van der Waals surface area (Å²) in [7, 11) is 0. The van der Waals surface area contributed by atoms with Gasteiger partial charge in [0.1, 0.15) is 0 Å². The maximum atomic E-state index is 12.4. The first-order valence-electron chi connectivity index (χ1n) is 7.60. The summed E-state index contributed by atoms with van der Waals surface area (Å²) in [5.41, 5.74) is 0.709. The van der Waals surface area contributed by atoms with Gasteiger partial charge >= 0.3 is 5.97 Å². The second kappa shape index (κ2) is 9.13.